The third-order valence-electron chi connectivity index (χ3n) is 7.91. The van der Waals surface area contributed by atoms with E-state index in [2.05, 4.69) is 106 Å². The third-order valence-corrected chi connectivity index (χ3v) is 28.8. The van der Waals surface area contributed by atoms with Crippen molar-refractivity contribution in [2.45, 2.75) is 107 Å². The Balaban J connectivity index is 0.000000211. The summed E-state index contributed by atoms with van der Waals surface area (Å²) < 4.78 is 0. The van der Waals surface area contributed by atoms with E-state index in [0.29, 0.717) is 0 Å². The van der Waals surface area contributed by atoms with Crippen molar-refractivity contribution in [2.24, 2.45) is 0 Å². The van der Waals surface area contributed by atoms with Gasteiger partial charge >= 0.3 is 66.4 Å². The summed E-state index contributed by atoms with van der Waals surface area (Å²) in [4.78, 5) is 0. The van der Waals surface area contributed by atoms with Crippen molar-refractivity contribution < 1.29 is 18.0 Å². The fourth-order valence-corrected chi connectivity index (χ4v) is 19.8. The first-order valence-electron chi connectivity index (χ1n) is 14.3. The molecule has 38 heavy (non-hydrogen) atoms. The van der Waals surface area contributed by atoms with Crippen molar-refractivity contribution in [1.29, 1.82) is 0 Å². The molecule has 0 fully saturated rings. The van der Waals surface area contributed by atoms with Gasteiger partial charge < -0.3 is 0 Å². The summed E-state index contributed by atoms with van der Waals surface area (Å²) in [6.45, 7) is 22.2. The first kappa shape index (κ1) is 33.5. The number of aryl methyl sites for hydroxylation is 8. The molecule has 0 spiro atoms. The van der Waals surface area contributed by atoms with Gasteiger partial charge in [0.2, 0.25) is 0 Å². The fraction of sp³-hybridized carbons (Fsp3) is 0.471. The Morgan fingerprint density at radius 2 is 1.00 bits per heavy atom. The molecule has 0 heterocycles. The quantitative estimate of drug-likeness (QED) is 0.144. The average molecular weight is 647 g/mol. The van der Waals surface area contributed by atoms with Gasteiger partial charge in [-0.15, -0.1) is 68.1 Å². The van der Waals surface area contributed by atoms with Crippen LogP contribution in [-0.2, 0) is 30.8 Å². The van der Waals surface area contributed by atoms with Gasteiger partial charge in [0, 0.05) is 0 Å². The van der Waals surface area contributed by atoms with E-state index in [9.17, 15) is 0 Å². The Labute approximate surface area is 248 Å². The van der Waals surface area contributed by atoms with Gasteiger partial charge in [0.25, 0.3) is 0 Å². The van der Waals surface area contributed by atoms with Crippen molar-refractivity contribution in [3.63, 3.8) is 0 Å². The molecular weight excluding hydrogens is 599 g/mol. The molecule has 0 radical (unpaired) electrons. The Hall–Kier alpha value is -0.660. The molecule has 0 unspecified atom stereocenters. The summed E-state index contributed by atoms with van der Waals surface area (Å²) in [6, 6.07) is 16.3. The maximum atomic E-state index is 5.85. The summed E-state index contributed by atoms with van der Waals surface area (Å²) >= 11 is -1.72. The summed E-state index contributed by atoms with van der Waals surface area (Å²) in [5.74, 6) is 0. The molecule has 0 saturated heterocycles. The molecule has 0 nitrogen and oxygen atoms in total. The molecular formula is C34H48Cl2SiZr-2. The number of halogens is 2. The summed E-state index contributed by atoms with van der Waals surface area (Å²) in [7, 11) is 11.7. The van der Waals surface area contributed by atoms with Crippen molar-refractivity contribution in [3.05, 3.63) is 80.9 Å². The fourth-order valence-electron chi connectivity index (χ4n) is 5.31. The van der Waals surface area contributed by atoms with E-state index in [-0.39, 0.29) is 5.43 Å². The van der Waals surface area contributed by atoms with Crippen molar-refractivity contribution in [3.8, 4) is 0 Å². The summed E-state index contributed by atoms with van der Waals surface area (Å²) in [5, 5.41) is 5.93. The monoisotopic (exact) mass is 644 g/mol. The van der Waals surface area contributed by atoms with Crippen LogP contribution in [0.15, 0.2) is 36.4 Å². The van der Waals surface area contributed by atoms with Crippen LogP contribution in [0.2, 0.25) is 12.1 Å². The first-order valence-corrected chi connectivity index (χ1v) is 26.3. The van der Waals surface area contributed by atoms with Crippen LogP contribution < -0.4 is 0 Å². The van der Waals surface area contributed by atoms with E-state index < -0.39 is 18.0 Å². The van der Waals surface area contributed by atoms with E-state index in [1.165, 1.54) is 104 Å². The van der Waals surface area contributed by atoms with Crippen molar-refractivity contribution in [2.75, 3.05) is 0 Å². The third kappa shape index (κ3) is 8.19. The molecule has 0 aromatic heterocycles. The number of hydrogen-bond donors (Lipinski definition) is 0. The second-order valence-corrected chi connectivity index (χ2v) is 32.1. The zero-order chi connectivity index (χ0) is 28.6. The molecule has 0 amide bonds. The summed E-state index contributed by atoms with van der Waals surface area (Å²) in [5.41, 5.74) is 11.4. The van der Waals surface area contributed by atoms with Crippen LogP contribution in [0, 0.1) is 41.5 Å². The van der Waals surface area contributed by atoms with Crippen molar-refractivity contribution >= 4 is 44.0 Å². The Morgan fingerprint density at radius 3 is 1.26 bits per heavy atom. The Morgan fingerprint density at radius 1 is 0.632 bits per heavy atom. The maximum absolute atomic E-state index is 5.85. The van der Waals surface area contributed by atoms with E-state index >= 15 is 0 Å². The molecule has 0 saturated carbocycles. The standard InChI is InChI=1S/2C15H19.C4H10Si.2ClH.Zr/c2*1-5-6-13-8-7-10(2)14-9-11(3)12(4)15(13)14;1-3-5-4-2;;;/h2*7-9H,5-6H2,1-4H3;3-4H2,1-2H3;2*1H;/q2*-1;;;;+2/p-2. The molecule has 0 aliphatic rings. The van der Waals surface area contributed by atoms with Gasteiger partial charge in [-0.25, -0.2) is 0 Å². The van der Waals surface area contributed by atoms with Crippen LogP contribution in [0.3, 0.4) is 0 Å². The van der Waals surface area contributed by atoms with Gasteiger partial charge in [-0.2, -0.15) is 11.1 Å². The van der Waals surface area contributed by atoms with E-state index in [4.69, 9.17) is 17.0 Å². The minimum absolute atomic E-state index is 0.213. The van der Waals surface area contributed by atoms with Crippen LogP contribution in [0.1, 0.15) is 85.0 Å². The molecule has 0 aliphatic carbocycles. The number of benzene rings is 2. The van der Waals surface area contributed by atoms with E-state index in [1.807, 2.05) is 0 Å². The summed E-state index contributed by atoms with van der Waals surface area (Å²) in [6.07, 6.45) is 4.84. The van der Waals surface area contributed by atoms with Crippen LogP contribution >= 0.6 is 17.0 Å². The molecule has 4 aromatic carbocycles. The molecule has 0 aliphatic heterocycles. The molecule has 208 valence electrons. The van der Waals surface area contributed by atoms with Gasteiger partial charge in [0.05, 0.1) is 0 Å². The van der Waals surface area contributed by atoms with Gasteiger partial charge in [0.15, 0.2) is 0 Å². The molecule has 0 atom stereocenters. The molecule has 4 aromatic rings. The minimum atomic E-state index is -1.72. The van der Waals surface area contributed by atoms with Gasteiger partial charge in [-0.3, -0.25) is 0 Å². The van der Waals surface area contributed by atoms with E-state index in [1.54, 1.807) is 0 Å². The second kappa shape index (κ2) is 16.0. The predicted octanol–water partition coefficient (Wildman–Crippen LogP) is 11.8. The average Bonchev–Trinajstić information content (AvgIpc) is 3.36. The zero-order valence-electron chi connectivity index (χ0n) is 25.5. The zero-order valence-corrected chi connectivity index (χ0v) is 30.4. The van der Waals surface area contributed by atoms with Gasteiger partial charge in [-0.05, 0) is 12.8 Å². The van der Waals surface area contributed by atoms with Gasteiger partial charge in [-0.1, -0.05) is 91.5 Å². The van der Waals surface area contributed by atoms with Crippen LogP contribution in [0.25, 0.3) is 21.5 Å². The van der Waals surface area contributed by atoms with Gasteiger partial charge in [0.1, 0.15) is 0 Å². The topological polar surface area (TPSA) is 0 Å². The van der Waals surface area contributed by atoms with Crippen molar-refractivity contribution in [1.82, 2.24) is 0 Å². The Kier molecular flexibility index (Phi) is 14.1. The molecule has 4 heteroatoms. The number of hydrogen-bond acceptors (Lipinski definition) is 0. The first-order chi connectivity index (χ1) is 18.0. The molecule has 0 N–H and O–H groups in total. The van der Waals surface area contributed by atoms with Crippen LogP contribution in [0.5, 0.6) is 0 Å². The molecule has 0 bridgehead atoms. The SMILES string of the molecule is CCCc1ccc(C)c2[cH-]c(C)c(C)c12.CCCc1ccc(C)c2[cH-]c(C)c(C)c12.CC[Si](CC)=[Zr]([Cl])[Cl]. The molecule has 4 rings (SSSR count). The number of fused-ring (bicyclic) bond motifs is 2. The second-order valence-electron chi connectivity index (χ2n) is 10.6. The van der Waals surface area contributed by atoms with Crippen LogP contribution in [-0.4, -0.2) is 5.43 Å². The van der Waals surface area contributed by atoms with Crippen LogP contribution in [0.4, 0.5) is 0 Å². The number of rotatable bonds is 6. The predicted molar refractivity (Wildman–Crippen MR) is 174 cm³/mol. The van der Waals surface area contributed by atoms with E-state index in [0.717, 1.165) is 0 Å². The Bertz CT molecular complexity index is 1280. The normalized spacial score (nSPS) is 10.7.